The minimum absolute atomic E-state index is 0.0177. The summed E-state index contributed by atoms with van der Waals surface area (Å²) in [5.41, 5.74) is 4.55. The van der Waals surface area contributed by atoms with Gasteiger partial charge in [-0.05, 0) is 41.0 Å². The summed E-state index contributed by atoms with van der Waals surface area (Å²) in [5.74, 6) is -1.05. The second-order valence-corrected chi connectivity index (χ2v) is 8.56. The van der Waals surface area contributed by atoms with E-state index in [4.69, 9.17) is 9.84 Å². The number of nitrogens with one attached hydrogen (secondary N) is 2. The maximum atomic E-state index is 12.6. The molecule has 3 rings (SSSR count). The molecule has 2 atom stereocenters. The smallest absolute Gasteiger partial charge is 0.407 e. The molecule has 2 aromatic rings. The van der Waals surface area contributed by atoms with E-state index in [0.29, 0.717) is 12.8 Å². The number of carboxylic acids is 1. The zero-order valence-electron chi connectivity index (χ0n) is 19.2. The first kappa shape index (κ1) is 24.3. The maximum Gasteiger partial charge on any atom is 0.407 e. The normalized spacial score (nSPS) is 14.0. The van der Waals surface area contributed by atoms with Crippen LogP contribution in [0.5, 0.6) is 0 Å². The minimum atomic E-state index is -0.905. The SMILES string of the molecule is CCC(C)CC(NC(=O)OCC1c2ccccc2-c2ccccc21)C(=O)NCCCC(=O)O. The number of carboxylic acid groups (broad SMARTS) is 1. The number of amides is 2. The third-order valence-corrected chi connectivity index (χ3v) is 6.15. The molecule has 0 aromatic heterocycles. The Labute approximate surface area is 194 Å². The lowest BCUT2D eigenvalue weighted by Crippen LogP contribution is -2.48. The van der Waals surface area contributed by atoms with Gasteiger partial charge in [-0.15, -0.1) is 0 Å². The monoisotopic (exact) mass is 452 g/mol. The zero-order chi connectivity index (χ0) is 23.8. The van der Waals surface area contributed by atoms with Gasteiger partial charge in [0, 0.05) is 18.9 Å². The molecule has 2 aromatic carbocycles. The number of carbonyl (C=O) groups excluding carboxylic acids is 2. The van der Waals surface area contributed by atoms with Crippen LogP contribution >= 0.6 is 0 Å². The van der Waals surface area contributed by atoms with Crippen LogP contribution in [-0.4, -0.2) is 42.3 Å². The highest BCUT2D eigenvalue weighted by Crippen LogP contribution is 2.44. The van der Waals surface area contributed by atoms with E-state index in [1.165, 1.54) is 0 Å². The van der Waals surface area contributed by atoms with Gasteiger partial charge < -0.3 is 20.5 Å². The summed E-state index contributed by atoms with van der Waals surface area (Å²) in [4.78, 5) is 35.9. The average molecular weight is 453 g/mol. The van der Waals surface area contributed by atoms with E-state index >= 15 is 0 Å². The van der Waals surface area contributed by atoms with E-state index in [2.05, 4.69) is 34.9 Å². The topological polar surface area (TPSA) is 105 Å². The number of carbonyl (C=O) groups is 3. The van der Waals surface area contributed by atoms with Gasteiger partial charge in [0.25, 0.3) is 0 Å². The standard InChI is InChI=1S/C26H32N2O5/c1-3-17(2)15-23(25(31)27-14-8-13-24(29)30)28-26(32)33-16-22-20-11-6-4-9-18(20)19-10-5-7-12-21(19)22/h4-7,9-12,17,22-23H,3,8,13-16H2,1-2H3,(H,27,31)(H,28,32)(H,29,30). The molecule has 176 valence electrons. The summed E-state index contributed by atoms with van der Waals surface area (Å²) < 4.78 is 5.58. The van der Waals surface area contributed by atoms with Crippen LogP contribution in [0.4, 0.5) is 4.79 Å². The number of ether oxygens (including phenoxy) is 1. The molecule has 2 amide bonds. The molecule has 0 saturated heterocycles. The summed E-state index contributed by atoms with van der Waals surface area (Å²) in [6, 6.07) is 15.5. The van der Waals surface area contributed by atoms with E-state index in [9.17, 15) is 14.4 Å². The van der Waals surface area contributed by atoms with Gasteiger partial charge in [0.05, 0.1) is 0 Å². The Bertz CT molecular complexity index is 945. The highest BCUT2D eigenvalue weighted by Gasteiger charge is 2.30. The number of fused-ring (bicyclic) bond motifs is 3. The number of hydrogen-bond acceptors (Lipinski definition) is 4. The van der Waals surface area contributed by atoms with Crippen LogP contribution in [0.1, 0.15) is 56.6 Å². The summed E-state index contributed by atoms with van der Waals surface area (Å²) in [6.07, 6.45) is 1.03. The van der Waals surface area contributed by atoms with E-state index in [-0.39, 0.29) is 37.3 Å². The Kier molecular flexibility index (Phi) is 8.46. The van der Waals surface area contributed by atoms with E-state index in [0.717, 1.165) is 28.7 Å². The van der Waals surface area contributed by atoms with Crippen LogP contribution < -0.4 is 10.6 Å². The van der Waals surface area contributed by atoms with Gasteiger partial charge in [-0.1, -0.05) is 68.8 Å². The second kappa shape index (κ2) is 11.5. The molecule has 0 radical (unpaired) electrons. The fraction of sp³-hybridized carbons (Fsp3) is 0.423. The highest BCUT2D eigenvalue weighted by molar-refractivity contribution is 5.85. The molecule has 0 spiro atoms. The van der Waals surface area contributed by atoms with Crippen molar-refractivity contribution in [1.29, 1.82) is 0 Å². The van der Waals surface area contributed by atoms with Gasteiger partial charge in [0.15, 0.2) is 0 Å². The first-order valence-corrected chi connectivity index (χ1v) is 11.5. The van der Waals surface area contributed by atoms with Crippen LogP contribution in [0.25, 0.3) is 11.1 Å². The fourth-order valence-electron chi connectivity index (χ4n) is 4.16. The molecular weight excluding hydrogens is 420 g/mol. The Morgan fingerprint density at radius 3 is 2.21 bits per heavy atom. The Balaban J connectivity index is 1.61. The summed E-state index contributed by atoms with van der Waals surface area (Å²) >= 11 is 0. The summed E-state index contributed by atoms with van der Waals surface area (Å²) in [6.45, 7) is 4.47. The molecule has 2 unspecified atom stereocenters. The van der Waals surface area contributed by atoms with Crippen LogP contribution in [-0.2, 0) is 14.3 Å². The quantitative estimate of drug-likeness (QED) is 0.441. The Morgan fingerprint density at radius 2 is 1.64 bits per heavy atom. The lowest BCUT2D eigenvalue weighted by atomic mass is 9.98. The molecular formula is C26H32N2O5. The molecule has 1 aliphatic carbocycles. The molecule has 1 aliphatic rings. The number of alkyl carbamates (subject to hydrolysis) is 1. The summed E-state index contributed by atoms with van der Waals surface area (Å²) in [5, 5.41) is 14.2. The fourth-order valence-corrected chi connectivity index (χ4v) is 4.16. The van der Waals surface area contributed by atoms with Crippen molar-refractivity contribution in [2.75, 3.05) is 13.2 Å². The van der Waals surface area contributed by atoms with Crippen molar-refractivity contribution in [1.82, 2.24) is 10.6 Å². The third kappa shape index (κ3) is 6.34. The van der Waals surface area contributed by atoms with Crippen molar-refractivity contribution in [2.45, 2.75) is 51.5 Å². The van der Waals surface area contributed by atoms with Gasteiger partial charge in [0.1, 0.15) is 12.6 Å². The Morgan fingerprint density at radius 1 is 1.03 bits per heavy atom. The number of rotatable bonds is 11. The molecule has 7 nitrogen and oxygen atoms in total. The highest BCUT2D eigenvalue weighted by atomic mass is 16.5. The lowest BCUT2D eigenvalue weighted by molar-refractivity contribution is -0.137. The second-order valence-electron chi connectivity index (χ2n) is 8.56. The largest absolute Gasteiger partial charge is 0.481 e. The van der Waals surface area contributed by atoms with E-state index in [1.54, 1.807) is 0 Å². The van der Waals surface area contributed by atoms with Crippen LogP contribution in [0.2, 0.25) is 0 Å². The van der Waals surface area contributed by atoms with E-state index < -0.39 is 18.1 Å². The van der Waals surface area contributed by atoms with Crippen molar-refractivity contribution >= 4 is 18.0 Å². The van der Waals surface area contributed by atoms with Crippen molar-refractivity contribution in [3.05, 3.63) is 59.7 Å². The molecule has 0 fully saturated rings. The van der Waals surface area contributed by atoms with Crippen molar-refractivity contribution < 1.29 is 24.2 Å². The third-order valence-electron chi connectivity index (χ3n) is 6.15. The number of aliphatic carboxylic acids is 1. The molecule has 0 bridgehead atoms. The molecule has 0 aliphatic heterocycles. The van der Waals surface area contributed by atoms with E-state index in [1.807, 2.05) is 38.1 Å². The van der Waals surface area contributed by atoms with Gasteiger partial charge in [0.2, 0.25) is 5.91 Å². The number of benzene rings is 2. The zero-order valence-corrected chi connectivity index (χ0v) is 19.2. The van der Waals surface area contributed by atoms with Gasteiger partial charge in [-0.3, -0.25) is 9.59 Å². The van der Waals surface area contributed by atoms with Gasteiger partial charge in [-0.25, -0.2) is 4.79 Å². The first-order chi connectivity index (χ1) is 15.9. The molecule has 33 heavy (non-hydrogen) atoms. The van der Waals surface area contributed by atoms with Crippen LogP contribution in [0.15, 0.2) is 48.5 Å². The van der Waals surface area contributed by atoms with Crippen molar-refractivity contribution in [3.63, 3.8) is 0 Å². The predicted molar refractivity (Wildman–Crippen MR) is 126 cm³/mol. The number of hydrogen-bond donors (Lipinski definition) is 3. The molecule has 3 N–H and O–H groups in total. The van der Waals surface area contributed by atoms with Crippen LogP contribution in [0, 0.1) is 5.92 Å². The van der Waals surface area contributed by atoms with Gasteiger partial charge >= 0.3 is 12.1 Å². The predicted octanol–water partition coefficient (Wildman–Crippen LogP) is 4.31. The first-order valence-electron chi connectivity index (χ1n) is 11.5. The lowest BCUT2D eigenvalue weighted by Gasteiger charge is -2.22. The maximum absolute atomic E-state index is 12.6. The summed E-state index contributed by atoms with van der Waals surface area (Å²) in [7, 11) is 0. The van der Waals surface area contributed by atoms with Crippen molar-refractivity contribution in [2.24, 2.45) is 5.92 Å². The molecule has 0 heterocycles. The average Bonchev–Trinajstić information content (AvgIpc) is 3.13. The van der Waals surface area contributed by atoms with Gasteiger partial charge in [-0.2, -0.15) is 0 Å². The van der Waals surface area contributed by atoms with Crippen molar-refractivity contribution in [3.8, 4) is 11.1 Å². The Hall–Kier alpha value is -3.35. The molecule has 0 saturated carbocycles. The minimum Gasteiger partial charge on any atom is -0.481 e. The van der Waals surface area contributed by atoms with Crippen LogP contribution in [0.3, 0.4) is 0 Å². The molecule has 7 heteroatoms.